The van der Waals surface area contributed by atoms with Crippen LogP contribution in [-0.4, -0.2) is 41.1 Å². The first-order valence-corrected chi connectivity index (χ1v) is 11.4. The number of nitrogens with one attached hydrogen (secondary N) is 2. The van der Waals surface area contributed by atoms with Gasteiger partial charge in [0.2, 0.25) is 0 Å². The van der Waals surface area contributed by atoms with E-state index >= 15 is 0 Å². The number of halogens is 3. The Morgan fingerprint density at radius 1 is 1.09 bits per heavy atom. The summed E-state index contributed by atoms with van der Waals surface area (Å²) in [5.74, 6) is -2.20. The van der Waals surface area contributed by atoms with E-state index in [4.69, 9.17) is 16.7 Å². The topological polar surface area (TPSA) is 94.6 Å². The first-order valence-electron chi connectivity index (χ1n) is 11.0. The summed E-state index contributed by atoms with van der Waals surface area (Å²) in [5.41, 5.74) is 0.980. The third-order valence-corrected chi connectivity index (χ3v) is 6.54. The van der Waals surface area contributed by atoms with Gasteiger partial charge in [0.1, 0.15) is 17.5 Å². The van der Waals surface area contributed by atoms with Crippen molar-refractivity contribution in [1.82, 2.24) is 10.3 Å². The predicted octanol–water partition coefficient (Wildman–Crippen LogP) is 4.43. The Labute approximate surface area is 204 Å². The lowest BCUT2D eigenvalue weighted by atomic mass is 10.0. The number of hydrogen-bond acceptors (Lipinski definition) is 5. The summed E-state index contributed by atoms with van der Waals surface area (Å²) in [6.45, 7) is 0.932. The van der Waals surface area contributed by atoms with Crippen molar-refractivity contribution in [3.8, 4) is 0 Å². The van der Waals surface area contributed by atoms with E-state index in [9.17, 15) is 18.4 Å². The van der Waals surface area contributed by atoms with Crippen LogP contribution in [-0.2, 0) is 5.54 Å². The summed E-state index contributed by atoms with van der Waals surface area (Å²) in [4.78, 5) is 30.7. The largest absolute Gasteiger partial charge is 0.478 e. The molecule has 1 aliphatic carbocycles. The Bertz CT molecular complexity index is 1310. The normalized spacial score (nSPS) is 16.4. The molecule has 5 rings (SSSR count). The molecule has 0 radical (unpaired) electrons. The van der Waals surface area contributed by atoms with Crippen molar-refractivity contribution in [3.05, 3.63) is 88.1 Å². The van der Waals surface area contributed by atoms with Crippen LogP contribution in [0.1, 0.15) is 39.1 Å². The van der Waals surface area contributed by atoms with E-state index in [2.05, 4.69) is 15.6 Å². The van der Waals surface area contributed by atoms with Gasteiger partial charge in [-0.3, -0.25) is 4.79 Å². The highest BCUT2D eigenvalue weighted by Crippen LogP contribution is 2.46. The van der Waals surface area contributed by atoms with Gasteiger partial charge in [-0.2, -0.15) is 0 Å². The fourth-order valence-electron chi connectivity index (χ4n) is 4.25. The van der Waals surface area contributed by atoms with Crippen molar-refractivity contribution in [2.45, 2.75) is 24.4 Å². The molecule has 1 amide bonds. The molecule has 0 bridgehead atoms. The fraction of sp³-hybridized carbons (Fsp3) is 0.240. The summed E-state index contributed by atoms with van der Waals surface area (Å²) in [6.07, 6.45) is 2.92. The van der Waals surface area contributed by atoms with Crippen molar-refractivity contribution in [3.63, 3.8) is 0 Å². The lowest BCUT2D eigenvalue weighted by molar-refractivity contribution is 0.0696. The van der Waals surface area contributed by atoms with Gasteiger partial charge >= 0.3 is 5.97 Å². The Morgan fingerprint density at radius 3 is 2.43 bits per heavy atom. The average Bonchev–Trinajstić information content (AvgIpc) is 3.58. The lowest BCUT2D eigenvalue weighted by Gasteiger charge is -2.41. The zero-order valence-electron chi connectivity index (χ0n) is 18.4. The highest BCUT2D eigenvalue weighted by atomic mass is 35.5. The smallest absolute Gasteiger partial charge is 0.335 e. The molecule has 3 N–H and O–H groups in total. The molecule has 2 aliphatic rings. The van der Waals surface area contributed by atoms with Crippen molar-refractivity contribution < 1.29 is 23.5 Å². The van der Waals surface area contributed by atoms with E-state index in [0.29, 0.717) is 29.5 Å². The van der Waals surface area contributed by atoms with Crippen molar-refractivity contribution >= 4 is 35.0 Å². The highest BCUT2D eigenvalue weighted by Gasteiger charge is 2.46. The van der Waals surface area contributed by atoms with Gasteiger partial charge in [0.15, 0.2) is 0 Å². The van der Waals surface area contributed by atoms with Gasteiger partial charge in [-0.1, -0.05) is 23.7 Å². The van der Waals surface area contributed by atoms with Gasteiger partial charge in [-0.15, -0.1) is 0 Å². The third kappa shape index (κ3) is 4.64. The molecule has 1 aromatic heterocycles. The van der Waals surface area contributed by atoms with Crippen LogP contribution in [0.4, 0.5) is 20.3 Å². The fourth-order valence-corrected chi connectivity index (χ4v) is 4.41. The highest BCUT2D eigenvalue weighted by molar-refractivity contribution is 6.31. The van der Waals surface area contributed by atoms with E-state index in [0.717, 1.165) is 24.5 Å². The van der Waals surface area contributed by atoms with Gasteiger partial charge in [0.25, 0.3) is 5.91 Å². The van der Waals surface area contributed by atoms with Gasteiger partial charge < -0.3 is 20.6 Å². The zero-order chi connectivity index (χ0) is 24.7. The van der Waals surface area contributed by atoms with Crippen molar-refractivity contribution in [1.29, 1.82) is 0 Å². The zero-order valence-corrected chi connectivity index (χ0v) is 19.1. The van der Waals surface area contributed by atoms with Crippen molar-refractivity contribution in [2.24, 2.45) is 0 Å². The van der Waals surface area contributed by atoms with Gasteiger partial charge in [-0.05, 0) is 48.7 Å². The monoisotopic (exact) mass is 498 g/mol. The quantitative estimate of drug-likeness (QED) is 0.446. The molecule has 1 aliphatic heterocycles. The van der Waals surface area contributed by atoms with Crippen LogP contribution >= 0.6 is 11.6 Å². The maximum Gasteiger partial charge on any atom is 0.335 e. The molecule has 7 nitrogen and oxygen atoms in total. The van der Waals surface area contributed by atoms with Crippen LogP contribution in [0.3, 0.4) is 0 Å². The molecule has 2 fully saturated rings. The second-order valence-electron chi connectivity index (χ2n) is 8.81. The molecule has 2 heterocycles. The molecule has 10 heteroatoms. The standard InChI is InChI=1S/C25H21ClF2N4O3/c26-16-9-19(23(33)31-25(7-8-25)15-3-1-14(2-4-15)24(34)35)22(29-11-16)32-12-18(13-32)30-21-6-5-17(27)10-20(21)28/h1-6,9-11,18,30H,7-8,12-13H2,(H,31,33)(H,34,35). The molecule has 0 atom stereocenters. The number of rotatable bonds is 7. The van der Waals surface area contributed by atoms with Crippen LogP contribution in [0.5, 0.6) is 0 Å². The summed E-state index contributed by atoms with van der Waals surface area (Å²) in [7, 11) is 0. The molecular weight excluding hydrogens is 478 g/mol. The predicted molar refractivity (Wildman–Crippen MR) is 127 cm³/mol. The molecule has 0 unspecified atom stereocenters. The molecule has 1 saturated heterocycles. The van der Waals surface area contributed by atoms with E-state index in [1.165, 1.54) is 30.5 Å². The summed E-state index contributed by atoms with van der Waals surface area (Å²) >= 11 is 6.14. The number of aromatic carboxylic acids is 1. The molecule has 1 saturated carbocycles. The average molecular weight is 499 g/mol. The number of amides is 1. The number of aromatic nitrogens is 1. The molecular formula is C25H21ClF2N4O3. The number of carboxylic acid groups (broad SMARTS) is 1. The second kappa shape index (κ2) is 8.81. The first kappa shape index (κ1) is 23.0. The number of carboxylic acids is 1. The number of carbonyl (C=O) groups is 2. The van der Waals surface area contributed by atoms with Crippen LogP contribution < -0.4 is 15.5 Å². The molecule has 180 valence electrons. The first-order chi connectivity index (χ1) is 16.7. The number of carbonyl (C=O) groups excluding carboxylic acids is 1. The minimum absolute atomic E-state index is 0.106. The Balaban J connectivity index is 1.29. The SMILES string of the molecule is O=C(O)c1ccc(C2(NC(=O)c3cc(Cl)cnc3N3CC(Nc4ccc(F)cc4F)C3)CC2)cc1. The Morgan fingerprint density at radius 2 is 1.80 bits per heavy atom. The van der Waals surface area contributed by atoms with Crippen LogP contribution in [0, 0.1) is 11.6 Å². The summed E-state index contributed by atoms with van der Waals surface area (Å²) < 4.78 is 27.1. The number of hydrogen-bond donors (Lipinski definition) is 3. The Hall–Kier alpha value is -3.72. The maximum absolute atomic E-state index is 13.9. The molecule has 3 aromatic rings. The minimum Gasteiger partial charge on any atom is -0.478 e. The number of benzene rings is 2. The lowest BCUT2D eigenvalue weighted by Crippen LogP contribution is -2.56. The number of anilines is 2. The van der Waals surface area contributed by atoms with Crippen molar-refractivity contribution in [2.75, 3.05) is 23.3 Å². The van der Waals surface area contributed by atoms with Crippen LogP contribution in [0.25, 0.3) is 0 Å². The van der Waals surface area contributed by atoms with Gasteiger partial charge in [0.05, 0.1) is 33.4 Å². The summed E-state index contributed by atoms with van der Waals surface area (Å²) in [6, 6.07) is 11.3. The van der Waals surface area contributed by atoms with E-state index in [1.54, 1.807) is 18.2 Å². The van der Waals surface area contributed by atoms with E-state index in [1.807, 2.05) is 4.90 Å². The van der Waals surface area contributed by atoms with Gasteiger partial charge in [0, 0.05) is 25.4 Å². The molecule has 2 aromatic carbocycles. The summed E-state index contributed by atoms with van der Waals surface area (Å²) in [5, 5.41) is 15.5. The third-order valence-electron chi connectivity index (χ3n) is 6.34. The second-order valence-corrected chi connectivity index (χ2v) is 9.25. The van der Waals surface area contributed by atoms with Gasteiger partial charge in [-0.25, -0.2) is 18.6 Å². The van der Waals surface area contributed by atoms with E-state index in [-0.39, 0.29) is 23.2 Å². The number of nitrogens with zero attached hydrogens (tertiary/aromatic N) is 2. The Kier molecular flexibility index (Phi) is 5.80. The minimum atomic E-state index is -1.01. The maximum atomic E-state index is 13.9. The van der Waals surface area contributed by atoms with Crippen LogP contribution in [0.2, 0.25) is 5.02 Å². The van der Waals surface area contributed by atoms with E-state index < -0.39 is 23.1 Å². The molecule has 35 heavy (non-hydrogen) atoms. The number of pyridine rings is 1. The van der Waals surface area contributed by atoms with Crippen LogP contribution in [0.15, 0.2) is 54.7 Å². The molecule has 0 spiro atoms.